The van der Waals surface area contributed by atoms with Crippen LogP contribution in [0.2, 0.25) is 0 Å². The summed E-state index contributed by atoms with van der Waals surface area (Å²) in [5.41, 5.74) is 1.26. The van der Waals surface area contributed by atoms with Gasteiger partial charge < -0.3 is 4.90 Å². The van der Waals surface area contributed by atoms with Gasteiger partial charge in [0.25, 0.3) is 5.91 Å². The van der Waals surface area contributed by atoms with E-state index in [0.717, 1.165) is 31.6 Å². The van der Waals surface area contributed by atoms with Crippen molar-refractivity contribution in [2.45, 2.75) is 39.2 Å². The van der Waals surface area contributed by atoms with Crippen molar-refractivity contribution in [3.8, 4) is 0 Å². The SMILES string of the molecule is CCCc1nc(C(=O)N2CCc3sccc3C2C)n[nH]1. The normalized spacial score (nSPS) is 18.1. The maximum atomic E-state index is 12.5. The lowest BCUT2D eigenvalue weighted by Gasteiger charge is -2.32. The number of rotatable bonds is 3. The van der Waals surface area contributed by atoms with E-state index in [9.17, 15) is 4.79 Å². The van der Waals surface area contributed by atoms with Crippen LogP contribution in [0.3, 0.4) is 0 Å². The Bertz CT molecular complexity index is 618. The maximum Gasteiger partial charge on any atom is 0.294 e. The Balaban J connectivity index is 1.80. The van der Waals surface area contributed by atoms with Crippen LogP contribution in [0.15, 0.2) is 11.4 Å². The minimum atomic E-state index is -0.0760. The summed E-state index contributed by atoms with van der Waals surface area (Å²) in [6.07, 6.45) is 2.74. The van der Waals surface area contributed by atoms with Crippen molar-refractivity contribution in [1.82, 2.24) is 20.1 Å². The third-order valence-electron chi connectivity index (χ3n) is 3.75. The van der Waals surface area contributed by atoms with E-state index in [1.54, 1.807) is 11.3 Å². The lowest BCUT2D eigenvalue weighted by molar-refractivity contribution is 0.0667. The summed E-state index contributed by atoms with van der Waals surface area (Å²) in [6.45, 7) is 4.89. The molecular formula is C14H18N4OS. The van der Waals surface area contributed by atoms with E-state index in [1.165, 1.54) is 10.4 Å². The smallest absolute Gasteiger partial charge is 0.294 e. The molecule has 1 aliphatic heterocycles. The molecule has 3 rings (SSSR count). The second kappa shape index (κ2) is 5.36. The topological polar surface area (TPSA) is 61.9 Å². The van der Waals surface area contributed by atoms with Crippen molar-refractivity contribution in [3.05, 3.63) is 33.5 Å². The zero-order valence-electron chi connectivity index (χ0n) is 11.7. The number of hydrogen-bond donors (Lipinski definition) is 1. The molecule has 2 aromatic rings. The molecule has 0 radical (unpaired) electrons. The molecule has 0 aromatic carbocycles. The van der Waals surface area contributed by atoms with E-state index >= 15 is 0 Å². The monoisotopic (exact) mass is 290 g/mol. The van der Waals surface area contributed by atoms with E-state index in [1.807, 2.05) is 4.90 Å². The molecule has 20 heavy (non-hydrogen) atoms. The van der Waals surface area contributed by atoms with Crippen molar-refractivity contribution in [2.75, 3.05) is 6.54 Å². The molecule has 0 saturated heterocycles. The van der Waals surface area contributed by atoms with Gasteiger partial charge in [0.1, 0.15) is 5.82 Å². The van der Waals surface area contributed by atoms with Gasteiger partial charge in [-0.1, -0.05) is 6.92 Å². The highest BCUT2D eigenvalue weighted by atomic mass is 32.1. The summed E-state index contributed by atoms with van der Waals surface area (Å²) in [7, 11) is 0. The lowest BCUT2D eigenvalue weighted by atomic mass is 10.0. The number of amides is 1. The Morgan fingerprint density at radius 3 is 3.25 bits per heavy atom. The van der Waals surface area contributed by atoms with Gasteiger partial charge in [0.05, 0.1) is 6.04 Å². The van der Waals surface area contributed by atoms with Gasteiger partial charge in [-0.25, -0.2) is 4.98 Å². The van der Waals surface area contributed by atoms with E-state index in [0.29, 0.717) is 5.82 Å². The van der Waals surface area contributed by atoms with Crippen LogP contribution in [-0.2, 0) is 12.8 Å². The Morgan fingerprint density at radius 2 is 2.45 bits per heavy atom. The summed E-state index contributed by atoms with van der Waals surface area (Å²) in [5.74, 6) is 1.00. The first-order chi connectivity index (χ1) is 9.70. The van der Waals surface area contributed by atoms with Crippen molar-refractivity contribution in [2.24, 2.45) is 0 Å². The molecule has 3 heterocycles. The van der Waals surface area contributed by atoms with Crippen molar-refractivity contribution in [3.63, 3.8) is 0 Å². The number of thiophene rings is 1. The maximum absolute atomic E-state index is 12.5. The molecule has 1 unspecified atom stereocenters. The van der Waals surface area contributed by atoms with E-state index in [-0.39, 0.29) is 11.9 Å². The molecule has 1 amide bonds. The highest BCUT2D eigenvalue weighted by molar-refractivity contribution is 7.10. The molecule has 0 spiro atoms. The summed E-state index contributed by atoms with van der Waals surface area (Å²) in [4.78, 5) is 20.1. The Morgan fingerprint density at radius 1 is 1.60 bits per heavy atom. The first kappa shape index (κ1) is 13.3. The van der Waals surface area contributed by atoms with Crippen LogP contribution in [0, 0.1) is 0 Å². The van der Waals surface area contributed by atoms with Gasteiger partial charge in [0, 0.05) is 17.8 Å². The fourth-order valence-electron chi connectivity index (χ4n) is 2.65. The van der Waals surface area contributed by atoms with Gasteiger partial charge in [-0.15, -0.1) is 16.4 Å². The molecule has 6 heteroatoms. The van der Waals surface area contributed by atoms with E-state index < -0.39 is 0 Å². The van der Waals surface area contributed by atoms with Crippen molar-refractivity contribution in [1.29, 1.82) is 0 Å². The van der Waals surface area contributed by atoms with Crippen LogP contribution >= 0.6 is 11.3 Å². The molecule has 0 bridgehead atoms. The predicted octanol–water partition coefficient (Wildman–Crippen LogP) is 2.58. The number of aryl methyl sites for hydroxylation is 1. The van der Waals surface area contributed by atoms with Crippen LogP contribution in [0.25, 0.3) is 0 Å². The number of aromatic nitrogens is 3. The Labute approximate surface area is 122 Å². The number of nitrogens with one attached hydrogen (secondary N) is 1. The molecule has 0 saturated carbocycles. The average Bonchev–Trinajstić information content (AvgIpc) is 3.08. The first-order valence-corrected chi connectivity index (χ1v) is 7.87. The largest absolute Gasteiger partial charge is 0.329 e. The minimum Gasteiger partial charge on any atom is -0.329 e. The van der Waals surface area contributed by atoms with Crippen LogP contribution in [0.5, 0.6) is 0 Å². The molecule has 1 aliphatic rings. The highest BCUT2D eigenvalue weighted by Crippen LogP contribution is 2.33. The standard InChI is InChI=1S/C14H18N4OS/c1-3-4-12-15-13(17-16-12)14(19)18-7-5-11-10(9(18)2)6-8-20-11/h6,8-9H,3-5,7H2,1-2H3,(H,15,16,17). The van der Waals surface area contributed by atoms with Crippen LogP contribution in [0.4, 0.5) is 0 Å². The quantitative estimate of drug-likeness (QED) is 0.945. The van der Waals surface area contributed by atoms with Crippen LogP contribution < -0.4 is 0 Å². The summed E-state index contributed by atoms with van der Waals surface area (Å²) >= 11 is 1.77. The van der Waals surface area contributed by atoms with E-state index in [2.05, 4.69) is 40.5 Å². The molecule has 1 atom stereocenters. The lowest BCUT2D eigenvalue weighted by Crippen LogP contribution is -2.38. The number of H-pyrrole nitrogens is 1. The summed E-state index contributed by atoms with van der Waals surface area (Å²) in [5, 5.41) is 9.01. The number of carbonyl (C=O) groups excluding carboxylic acids is 1. The molecule has 106 valence electrons. The van der Waals surface area contributed by atoms with Crippen molar-refractivity contribution < 1.29 is 4.79 Å². The third kappa shape index (κ3) is 2.24. The molecular weight excluding hydrogens is 272 g/mol. The highest BCUT2D eigenvalue weighted by Gasteiger charge is 2.30. The van der Waals surface area contributed by atoms with Crippen molar-refractivity contribution >= 4 is 17.2 Å². The van der Waals surface area contributed by atoms with Crippen LogP contribution in [-0.4, -0.2) is 32.5 Å². The number of aromatic amines is 1. The summed E-state index contributed by atoms with van der Waals surface area (Å²) < 4.78 is 0. The molecule has 5 nitrogen and oxygen atoms in total. The van der Waals surface area contributed by atoms with Gasteiger partial charge in [-0.3, -0.25) is 9.89 Å². The molecule has 2 aromatic heterocycles. The molecule has 0 aliphatic carbocycles. The van der Waals surface area contributed by atoms with Gasteiger partial charge >= 0.3 is 0 Å². The minimum absolute atomic E-state index is 0.0760. The van der Waals surface area contributed by atoms with E-state index in [4.69, 9.17) is 0 Å². The number of hydrogen-bond acceptors (Lipinski definition) is 4. The zero-order valence-corrected chi connectivity index (χ0v) is 12.5. The Hall–Kier alpha value is -1.69. The van der Waals surface area contributed by atoms with Gasteiger partial charge in [0.2, 0.25) is 5.82 Å². The molecule has 0 fully saturated rings. The van der Waals surface area contributed by atoms with Gasteiger partial charge in [-0.2, -0.15) is 0 Å². The van der Waals surface area contributed by atoms with Gasteiger partial charge in [-0.05, 0) is 36.8 Å². The second-order valence-electron chi connectivity index (χ2n) is 5.08. The number of carbonyl (C=O) groups is 1. The number of nitrogens with zero attached hydrogens (tertiary/aromatic N) is 3. The fourth-order valence-corrected chi connectivity index (χ4v) is 3.62. The predicted molar refractivity (Wildman–Crippen MR) is 77.9 cm³/mol. The Kier molecular flexibility index (Phi) is 3.56. The zero-order chi connectivity index (χ0) is 14.1. The first-order valence-electron chi connectivity index (χ1n) is 6.99. The third-order valence-corrected chi connectivity index (χ3v) is 4.74. The molecule has 1 N–H and O–H groups in total. The number of fused-ring (bicyclic) bond motifs is 1. The summed E-state index contributed by atoms with van der Waals surface area (Å²) in [6, 6.07) is 2.22. The second-order valence-corrected chi connectivity index (χ2v) is 6.08. The van der Waals surface area contributed by atoms with Gasteiger partial charge in [0.15, 0.2) is 0 Å². The fraction of sp³-hybridized carbons (Fsp3) is 0.500. The average molecular weight is 290 g/mol. The van der Waals surface area contributed by atoms with Crippen LogP contribution in [0.1, 0.15) is 53.2 Å².